The van der Waals surface area contributed by atoms with E-state index in [1.807, 2.05) is 14.0 Å². The molecule has 0 atom stereocenters. The Morgan fingerprint density at radius 3 is 2.82 bits per heavy atom. The highest BCUT2D eigenvalue weighted by molar-refractivity contribution is 5.56. The first-order valence-corrected chi connectivity index (χ1v) is 5.71. The molecule has 0 saturated carbocycles. The lowest BCUT2D eigenvalue weighted by atomic mass is 10.2. The van der Waals surface area contributed by atoms with Crippen LogP contribution in [0.5, 0.6) is 0 Å². The Morgan fingerprint density at radius 2 is 2.24 bits per heavy atom. The van der Waals surface area contributed by atoms with Crippen molar-refractivity contribution in [3.05, 3.63) is 34.0 Å². The van der Waals surface area contributed by atoms with Crippen LogP contribution in [-0.2, 0) is 13.5 Å². The van der Waals surface area contributed by atoms with Crippen molar-refractivity contribution in [2.45, 2.75) is 26.7 Å². The van der Waals surface area contributed by atoms with Crippen LogP contribution >= 0.6 is 0 Å². The molecular weight excluding hydrogens is 216 g/mol. The number of nitrogens with zero attached hydrogens (tertiary/aromatic N) is 3. The van der Waals surface area contributed by atoms with Crippen LogP contribution < -0.4 is 5.56 Å². The van der Waals surface area contributed by atoms with Gasteiger partial charge in [0.25, 0.3) is 5.56 Å². The predicted molar refractivity (Wildman–Crippen MR) is 65.8 cm³/mol. The van der Waals surface area contributed by atoms with Crippen LogP contribution in [0.25, 0.3) is 11.4 Å². The quantitative estimate of drug-likeness (QED) is 0.870. The number of nitrogens with one attached hydrogen (secondary N) is 1. The summed E-state index contributed by atoms with van der Waals surface area (Å²) in [7, 11) is 1.87. The monoisotopic (exact) mass is 232 g/mol. The van der Waals surface area contributed by atoms with E-state index in [-0.39, 0.29) is 5.56 Å². The largest absolute Gasteiger partial charge is 0.306 e. The smallest absolute Gasteiger partial charge is 0.251 e. The molecule has 0 aromatic carbocycles. The molecule has 5 nitrogen and oxygen atoms in total. The third-order valence-electron chi connectivity index (χ3n) is 2.79. The molecule has 1 N–H and O–H groups in total. The standard InChI is InChI=1S/C12H16N4O/c1-4-5-9-6-11(17)15-12(14-9)10-7-13-16(3)8(10)2/h6-7H,4-5H2,1-3H3,(H,14,15,17). The molecule has 90 valence electrons. The fourth-order valence-corrected chi connectivity index (χ4v) is 1.75. The molecule has 0 radical (unpaired) electrons. The van der Waals surface area contributed by atoms with Crippen molar-refractivity contribution in [1.29, 1.82) is 0 Å². The van der Waals surface area contributed by atoms with E-state index < -0.39 is 0 Å². The van der Waals surface area contributed by atoms with Crippen LogP contribution in [-0.4, -0.2) is 19.7 Å². The predicted octanol–water partition coefficient (Wildman–Crippen LogP) is 1.43. The molecule has 0 saturated heterocycles. The molecule has 2 aromatic rings. The van der Waals surface area contributed by atoms with Crippen molar-refractivity contribution in [2.75, 3.05) is 0 Å². The zero-order valence-corrected chi connectivity index (χ0v) is 10.3. The maximum Gasteiger partial charge on any atom is 0.251 e. The second-order valence-electron chi connectivity index (χ2n) is 4.10. The Kier molecular flexibility index (Phi) is 3.08. The zero-order chi connectivity index (χ0) is 12.4. The van der Waals surface area contributed by atoms with Crippen molar-refractivity contribution in [2.24, 2.45) is 7.05 Å². The summed E-state index contributed by atoms with van der Waals surface area (Å²) in [5.41, 5.74) is 2.58. The minimum absolute atomic E-state index is 0.110. The molecule has 2 rings (SSSR count). The average molecular weight is 232 g/mol. The fourth-order valence-electron chi connectivity index (χ4n) is 1.75. The summed E-state index contributed by atoms with van der Waals surface area (Å²) in [6, 6.07) is 1.55. The third-order valence-corrected chi connectivity index (χ3v) is 2.79. The lowest BCUT2D eigenvalue weighted by Crippen LogP contribution is -2.10. The van der Waals surface area contributed by atoms with Gasteiger partial charge in [-0.1, -0.05) is 13.3 Å². The van der Waals surface area contributed by atoms with Crippen LogP contribution in [0.4, 0.5) is 0 Å². The molecule has 0 unspecified atom stereocenters. The first kappa shape index (κ1) is 11.6. The van der Waals surface area contributed by atoms with Gasteiger partial charge in [-0.3, -0.25) is 9.48 Å². The molecule has 17 heavy (non-hydrogen) atoms. The van der Waals surface area contributed by atoms with Gasteiger partial charge in [-0.25, -0.2) is 4.98 Å². The van der Waals surface area contributed by atoms with Crippen molar-refractivity contribution in [3.8, 4) is 11.4 Å². The van der Waals surface area contributed by atoms with Crippen molar-refractivity contribution in [1.82, 2.24) is 19.7 Å². The molecule has 0 aliphatic carbocycles. The lowest BCUT2D eigenvalue weighted by Gasteiger charge is -2.03. The molecule has 0 bridgehead atoms. The highest BCUT2D eigenvalue weighted by atomic mass is 16.1. The Balaban J connectivity index is 2.52. The molecule has 0 amide bonds. The minimum Gasteiger partial charge on any atom is -0.306 e. The summed E-state index contributed by atoms with van der Waals surface area (Å²) in [6.07, 6.45) is 3.52. The topological polar surface area (TPSA) is 63.6 Å². The van der Waals surface area contributed by atoms with Crippen LogP contribution in [0.2, 0.25) is 0 Å². The van der Waals surface area contributed by atoms with Crippen molar-refractivity contribution in [3.63, 3.8) is 0 Å². The van der Waals surface area contributed by atoms with Gasteiger partial charge in [-0.15, -0.1) is 0 Å². The molecule has 0 spiro atoms. The highest BCUT2D eigenvalue weighted by Gasteiger charge is 2.09. The molecule has 0 aliphatic heterocycles. The average Bonchev–Trinajstić information content (AvgIpc) is 2.59. The Bertz CT molecular complexity index is 582. The lowest BCUT2D eigenvalue weighted by molar-refractivity contribution is 0.740. The van der Waals surface area contributed by atoms with E-state index in [2.05, 4.69) is 22.0 Å². The van der Waals surface area contributed by atoms with E-state index in [1.165, 1.54) is 0 Å². The first-order valence-electron chi connectivity index (χ1n) is 5.71. The van der Waals surface area contributed by atoms with E-state index >= 15 is 0 Å². The Hall–Kier alpha value is -1.91. The molecule has 2 heterocycles. The third kappa shape index (κ3) is 2.27. The van der Waals surface area contributed by atoms with Gasteiger partial charge in [0.15, 0.2) is 0 Å². The second kappa shape index (κ2) is 4.53. The minimum atomic E-state index is -0.110. The Morgan fingerprint density at radius 1 is 1.47 bits per heavy atom. The number of aromatic amines is 1. The summed E-state index contributed by atoms with van der Waals surface area (Å²) in [6.45, 7) is 4.02. The van der Waals surface area contributed by atoms with E-state index in [4.69, 9.17) is 0 Å². The van der Waals surface area contributed by atoms with Crippen LogP contribution in [0.15, 0.2) is 17.1 Å². The molecule has 5 heteroatoms. The van der Waals surface area contributed by atoms with Gasteiger partial charge < -0.3 is 4.98 Å². The van der Waals surface area contributed by atoms with Crippen LogP contribution in [0.3, 0.4) is 0 Å². The summed E-state index contributed by atoms with van der Waals surface area (Å²) in [5, 5.41) is 4.15. The normalized spacial score (nSPS) is 10.8. The number of hydrogen-bond acceptors (Lipinski definition) is 3. The summed E-state index contributed by atoms with van der Waals surface area (Å²) in [4.78, 5) is 18.8. The van der Waals surface area contributed by atoms with Gasteiger partial charge in [0.2, 0.25) is 0 Å². The maximum atomic E-state index is 11.6. The van der Waals surface area contributed by atoms with E-state index in [1.54, 1.807) is 16.9 Å². The van der Waals surface area contributed by atoms with Crippen LogP contribution in [0, 0.1) is 6.92 Å². The van der Waals surface area contributed by atoms with Gasteiger partial charge >= 0.3 is 0 Å². The number of rotatable bonds is 3. The number of aromatic nitrogens is 4. The van der Waals surface area contributed by atoms with E-state index in [0.29, 0.717) is 5.82 Å². The van der Waals surface area contributed by atoms with Gasteiger partial charge in [0, 0.05) is 24.5 Å². The number of H-pyrrole nitrogens is 1. The summed E-state index contributed by atoms with van der Waals surface area (Å²) in [5.74, 6) is 0.603. The van der Waals surface area contributed by atoms with Gasteiger partial charge in [-0.05, 0) is 13.3 Å². The van der Waals surface area contributed by atoms with E-state index in [0.717, 1.165) is 29.8 Å². The van der Waals surface area contributed by atoms with Crippen molar-refractivity contribution < 1.29 is 0 Å². The van der Waals surface area contributed by atoms with Gasteiger partial charge in [-0.2, -0.15) is 5.10 Å². The molecule has 2 aromatic heterocycles. The highest BCUT2D eigenvalue weighted by Crippen LogP contribution is 2.17. The van der Waals surface area contributed by atoms with Crippen LogP contribution in [0.1, 0.15) is 24.7 Å². The molecular formula is C12H16N4O. The van der Waals surface area contributed by atoms with Gasteiger partial charge in [0.05, 0.1) is 11.8 Å². The van der Waals surface area contributed by atoms with Crippen molar-refractivity contribution >= 4 is 0 Å². The maximum absolute atomic E-state index is 11.6. The van der Waals surface area contributed by atoms with E-state index in [9.17, 15) is 4.79 Å². The first-order chi connectivity index (χ1) is 8.11. The number of aryl methyl sites for hydroxylation is 2. The summed E-state index contributed by atoms with van der Waals surface area (Å²) < 4.78 is 1.77. The SMILES string of the molecule is CCCc1cc(=O)[nH]c(-c2cnn(C)c2C)n1. The zero-order valence-electron chi connectivity index (χ0n) is 10.3. The summed E-state index contributed by atoms with van der Waals surface area (Å²) >= 11 is 0. The van der Waals surface area contributed by atoms with Gasteiger partial charge in [0.1, 0.15) is 5.82 Å². The molecule has 0 aliphatic rings. The Labute approximate surface area is 99.5 Å². The molecule has 0 fully saturated rings. The second-order valence-corrected chi connectivity index (χ2v) is 4.10. The fraction of sp³-hybridized carbons (Fsp3) is 0.417. The number of hydrogen-bond donors (Lipinski definition) is 1.